The van der Waals surface area contributed by atoms with Gasteiger partial charge >= 0.3 is 0 Å². The third-order valence-corrected chi connectivity index (χ3v) is 5.00. The number of nitrogens with one attached hydrogen (secondary N) is 1. The van der Waals surface area contributed by atoms with Gasteiger partial charge in [-0.15, -0.1) is 0 Å². The molecule has 4 rings (SSSR count). The molecule has 0 saturated heterocycles. The quantitative estimate of drug-likeness (QED) is 0.372. The number of anilines is 3. The van der Waals surface area contributed by atoms with Gasteiger partial charge in [0.1, 0.15) is 11.6 Å². The number of carbonyl (C=O) groups excluding carboxylic acids is 1. The molecule has 0 aliphatic carbocycles. The first kappa shape index (κ1) is 22.8. The van der Waals surface area contributed by atoms with E-state index in [1.54, 1.807) is 0 Å². The van der Waals surface area contributed by atoms with Crippen LogP contribution < -0.4 is 16.8 Å². The Morgan fingerprint density at radius 2 is 1.74 bits per heavy atom. The maximum atomic E-state index is 14.5. The number of ether oxygens (including phenoxy) is 1. The van der Waals surface area contributed by atoms with Crippen molar-refractivity contribution in [1.82, 2.24) is 9.97 Å². The summed E-state index contributed by atoms with van der Waals surface area (Å²) in [5.41, 5.74) is 13.1. The normalized spacial score (nSPS) is 10.8. The predicted molar refractivity (Wildman–Crippen MR) is 126 cm³/mol. The number of hydrogen-bond acceptors (Lipinski definition) is 6. The minimum atomic E-state index is -0.754. The van der Waals surface area contributed by atoms with E-state index in [2.05, 4.69) is 15.3 Å². The standard InChI is InChI=1S/C25H21F2N5O2/c26-20-9-7-16(24-30-12-22(28)23(29)32-24)10-19(20)25(33)31-18-8-6-17(21(27)11-18)14-34-13-15-4-2-1-3-5-15/h1-12H,13-14,28H2,(H,31,33)(H2,29,30,32). The minimum Gasteiger partial charge on any atom is -0.394 e. The van der Waals surface area contributed by atoms with E-state index in [4.69, 9.17) is 16.2 Å². The number of aromatic nitrogens is 2. The van der Waals surface area contributed by atoms with E-state index in [9.17, 15) is 13.6 Å². The molecule has 0 aliphatic heterocycles. The maximum Gasteiger partial charge on any atom is 0.258 e. The molecule has 0 saturated carbocycles. The molecule has 0 radical (unpaired) electrons. The molecule has 5 N–H and O–H groups in total. The molecular formula is C25H21F2N5O2. The van der Waals surface area contributed by atoms with Crippen molar-refractivity contribution in [3.63, 3.8) is 0 Å². The number of benzene rings is 3. The summed E-state index contributed by atoms with van der Waals surface area (Å²) in [7, 11) is 0. The van der Waals surface area contributed by atoms with E-state index < -0.39 is 17.5 Å². The van der Waals surface area contributed by atoms with Crippen LogP contribution in [0.2, 0.25) is 0 Å². The van der Waals surface area contributed by atoms with Crippen LogP contribution in [0.1, 0.15) is 21.5 Å². The first-order valence-electron chi connectivity index (χ1n) is 10.3. The van der Waals surface area contributed by atoms with Crippen molar-refractivity contribution in [2.75, 3.05) is 16.8 Å². The van der Waals surface area contributed by atoms with Crippen molar-refractivity contribution in [2.45, 2.75) is 13.2 Å². The van der Waals surface area contributed by atoms with Crippen molar-refractivity contribution < 1.29 is 18.3 Å². The highest BCUT2D eigenvalue weighted by Crippen LogP contribution is 2.23. The Labute approximate surface area is 194 Å². The zero-order valence-corrected chi connectivity index (χ0v) is 18.0. The molecule has 0 bridgehead atoms. The Bertz CT molecular complexity index is 1330. The van der Waals surface area contributed by atoms with Crippen LogP contribution in [0.5, 0.6) is 0 Å². The summed E-state index contributed by atoms with van der Waals surface area (Å²) in [5.74, 6) is -1.80. The van der Waals surface area contributed by atoms with Crippen LogP contribution >= 0.6 is 0 Å². The number of nitrogen functional groups attached to an aromatic ring is 2. The fourth-order valence-electron chi connectivity index (χ4n) is 3.18. The van der Waals surface area contributed by atoms with Gasteiger partial charge in [-0.2, -0.15) is 0 Å². The molecule has 1 heterocycles. The predicted octanol–water partition coefficient (Wildman–Crippen LogP) is 4.56. The van der Waals surface area contributed by atoms with E-state index in [1.165, 1.54) is 30.5 Å². The van der Waals surface area contributed by atoms with E-state index in [-0.39, 0.29) is 35.2 Å². The lowest BCUT2D eigenvalue weighted by atomic mass is 10.1. The number of amides is 1. The summed E-state index contributed by atoms with van der Waals surface area (Å²) in [5, 5.41) is 2.50. The van der Waals surface area contributed by atoms with Crippen LogP contribution in [0.3, 0.4) is 0 Å². The summed E-state index contributed by atoms with van der Waals surface area (Å²) in [6.07, 6.45) is 1.33. The van der Waals surface area contributed by atoms with Gasteiger partial charge in [0.05, 0.1) is 30.7 Å². The van der Waals surface area contributed by atoms with E-state index in [0.29, 0.717) is 17.7 Å². The summed E-state index contributed by atoms with van der Waals surface area (Å²) in [4.78, 5) is 20.8. The fourth-order valence-corrected chi connectivity index (χ4v) is 3.18. The van der Waals surface area contributed by atoms with Crippen LogP contribution in [-0.4, -0.2) is 15.9 Å². The molecule has 0 atom stereocenters. The lowest BCUT2D eigenvalue weighted by Crippen LogP contribution is -2.14. The van der Waals surface area contributed by atoms with Gasteiger partial charge in [-0.3, -0.25) is 4.79 Å². The maximum absolute atomic E-state index is 14.5. The number of carbonyl (C=O) groups is 1. The minimum absolute atomic E-state index is 0.0658. The van der Waals surface area contributed by atoms with Crippen molar-refractivity contribution >= 4 is 23.1 Å². The third kappa shape index (κ3) is 5.33. The molecule has 0 aliphatic rings. The summed E-state index contributed by atoms with van der Waals surface area (Å²) < 4.78 is 34.4. The molecule has 9 heteroatoms. The van der Waals surface area contributed by atoms with E-state index in [1.807, 2.05) is 30.3 Å². The van der Waals surface area contributed by atoms with Crippen LogP contribution in [0.4, 0.5) is 26.0 Å². The van der Waals surface area contributed by atoms with Crippen LogP contribution in [-0.2, 0) is 18.0 Å². The Kier molecular flexibility index (Phi) is 6.74. The lowest BCUT2D eigenvalue weighted by Gasteiger charge is -2.10. The molecule has 4 aromatic rings. The molecule has 0 spiro atoms. The Morgan fingerprint density at radius 3 is 2.47 bits per heavy atom. The van der Waals surface area contributed by atoms with Crippen molar-refractivity contribution in [3.05, 3.63) is 101 Å². The second-order valence-electron chi connectivity index (χ2n) is 7.47. The van der Waals surface area contributed by atoms with E-state index >= 15 is 0 Å². The monoisotopic (exact) mass is 461 g/mol. The van der Waals surface area contributed by atoms with Gasteiger partial charge in [0.15, 0.2) is 11.6 Å². The molecule has 1 amide bonds. The lowest BCUT2D eigenvalue weighted by molar-refractivity contribution is 0.102. The number of rotatable bonds is 7. The largest absolute Gasteiger partial charge is 0.394 e. The summed E-state index contributed by atoms with van der Waals surface area (Å²) in [6.45, 7) is 0.411. The highest BCUT2D eigenvalue weighted by molar-refractivity contribution is 6.05. The fraction of sp³-hybridized carbons (Fsp3) is 0.0800. The molecule has 0 unspecified atom stereocenters. The highest BCUT2D eigenvalue weighted by atomic mass is 19.1. The Hall–Kier alpha value is -4.37. The highest BCUT2D eigenvalue weighted by Gasteiger charge is 2.16. The van der Waals surface area contributed by atoms with Gasteiger partial charge in [-0.1, -0.05) is 36.4 Å². The first-order valence-corrected chi connectivity index (χ1v) is 10.3. The molecule has 7 nitrogen and oxygen atoms in total. The summed E-state index contributed by atoms with van der Waals surface area (Å²) >= 11 is 0. The SMILES string of the molecule is Nc1cnc(-c2ccc(F)c(C(=O)Nc3ccc(COCc4ccccc4)c(F)c3)c2)nc1N. The van der Waals surface area contributed by atoms with Crippen LogP contribution in [0.15, 0.2) is 72.9 Å². The van der Waals surface area contributed by atoms with Crippen molar-refractivity contribution in [1.29, 1.82) is 0 Å². The van der Waals surface area contributed by atoms with Gasteiger partial charge in [0.25, 0.3) is 5.91 Å². The van der Waals surface area contributed by atoms with Crippen LogP contribution in [0, 0.1) is 11.6 Å². The number of nitrogens with zero attached hydrogens (tertiary/aromatic N) is 2. The van der Waals surface area contributed by atoms with Crippen LogP contribution in [0.25, 0.3) is 11.4 Å². The number of nitrogens with two attached hydrogens (primary N) is 2. The molecular weight excluding hydrogens is 440 g/mol. The van der Waals surface area contributed by atoms with Crippen molar-refractivity contribution in [2.24, 2.45) is 0 Å². The molecule has 0 fully saturated rings. The average molecular weight is 461 g/mol. The Balaban J connectivity index is 1.45. The van der Waals surface area contributed by atoms with Gasteiger partial charge in [0.2, 0.25) is 0 Å². The molecule has 172 valence electrons. The smallest absolute Gasteiger partial charge is 0.258 e. The van der Waals surface area contributed by atoms with Gasteiger partial charge < -0.3 is 21.5 Å². The molecule has 34 heavy (non-hydrogen) atoms. The average Bonchev–Trinajstić information content (AvgIpc) is 2.83. The Morgan fingerprint density at radius 1 is 0.941 bits per heavy atom. The third-order valence-electron chi connectivity index (χ3n) is 5.00. The van der Waals surface area contributed by atoms with Gasteiger partial charge in [0, 0.05) is 16.8 Å². The second-order valence-corrected chi connectivity index (χ2v) is 7.47. The zero-order chi connectivity index (χ0) is 24.1. The molecule has 1 aromatic heterocycles. The second kappa shape index (κ2) is 10.1. The summed E-state index contributed by atoms with van der Waals surface area (Å²) in [6, 6.07) is 17.5. The first-order chi connectivity index (χ1) is 16.4. The topological polar surface area (TPSA) is 116 Å². The number of hydrogen-bond donors (Lipinski definition) is 3. The van der Waals surface area contributed by atoms with Crippen molar-refractivity contribution in [3.8, 4) is 11.4 Å². The zero-order valence-electron chi connectivity index (χ0n) is 18.0. The van der Waals surface area contributed by atoms with Gasteiger partial charge in [-0.25, -0.2) is 18.7 Å². The van der Waals surface area contributed by atoms with E-state index in [0.717, 1.165) is 17.7 Å². The molecule has 3 aromatic carbocycles. The number of halogens is 2. The van der Waals surface area contributed by atoms with Gasteiger partial charge in [-0.05, 0) is 35.9 Å².